The molecule has 1 nitrogen and oxygen atoms in total. The molecule has 1 aromatic rings. The Kier molecular flexibility index (Phi) is 6.93. The molecule has 0 aromatic heterocycles. The molecule has 0 fully saturated rings. The lowest BCUT2D eigenvalue weighted by Crippen LogP contribution is -2.25. The van der Waals surface area contributed by atoms with Crippen molar-refractivity contribution in [1.29, 1.82) is 0 Å². The summed E-state index contributed by atoms with van der Waals surface area (Å²) in [4.78, 5) is 0. The molecule has 2 unspecified atom stereocenters. The van der Waals surface area contributed by atoms with Crippen LogP contribution in [-0.2, 0) is 0 Å². The Morgan fingerprint density at radius 2 is 1.62 bits per heavy atom. The fourth-order valence-electron chi connectivity index (χ4n) is 3.40. The van der Waals surface area contributed by atoms with Crippen LogP contribution in [0.5, 0.6) is 0 Å². The lowest BCUT2D eigenvalue weighted by molar-refractivity contribution is 0.275. The zero-order chi connectivity index (χ0) is 16.0. The van der Waals surface area contributed by atoms with E-state index in [1.165, 1.54) is 36.0 Å². The van der Waals surface area contributed by atoms with Gasteiger partial charge >= 0.3 is 0 Å². The van der Waals surface area contributed by atoms with Gasteiger partial charge in [-0.2, -0.15) is 0 Å². The molecule has 2 atom stereocenters. The zero-order valence-corrected chi connectivity index (χ0v) is 15.2. The molecule has 0 radical (unpaired) electrons. The lowest BCUT2D eigenvalue weighted by Gasteiger charge is -2.28. The summed E-state index contributed by atoms with van der Waals surface area (Å²) < 4.78 is 0. The Morgan fingerprint density at radius 1 is 1.05 bits per heavy atom. The molecule has 0 aliphatic carbocycles. The van der Waals surface area contributed by atoms with E-state index in [0.717, 1.165) is 12.5 Å². The lowest BCUT2D eigenvalue weighted by atomic mass is 9.82. The van der Waals surface area contributed by atoms with Crippen LogP contribution in [0.2, 0.25) is 0 Å². The second-order valence-electron chi connectivity index (χ2n) is 8.03. The Hall–Kier alpha value is -0.820. The van der Waals surface area contributed by atoms with Crippen molar-refractivity contribution >= 4 is 0 Å². The van der Waals surface area contributed by atoms with Gasteiger partial charge in [-0.25, -0.2) is 0 Å². The molecule has 1 heteroatoms. The molecule has 0 heterocycles. The molecule has 0 aliphatic heterocycles. The van der Waals surface area contributed by atoms with Gasteiger partial charge in [-0.15, -0.1) is 0 Å². The van der Waals surface area contributed by atoms with Crippen molar-refractivity contribution < 1.29 is 0 Å². The van der Waals surface area contributed by atoms with Crippen LogP contribution in [0, 0.1) is 25.2 Å². The Labute approximate surface area is 132 Å². The molecular weight excluding hydrogens is 254 g/mol. The molecule has 1 rings (SSSR count). The van der Waals surface area contributed by atoms with Crippen LogP contribution in [0.1, 0.15) is 76.6 Å². The first kappa shape index (κ1) is 18.2. The summed E-state index contributed by atoms with van der Waals surface area (Å²) in [6.07, 6.45) is 3.69. The third-order valence-electron chi connectivity index (χ3n) is 3.89. The van der Waals surface area contributed by atoms with Crippen LogP contribution in [0.3, 0.4) is 0 Å². The monoisotopic (exact) mass is 289 g/mol. The highest BCUT2D eigenvalue weighted by molar-refractivity contribution is 5.30. The Morgan fingerprint density at radius 3 is 2.10 bits per heavy atom. The average Bonchev–Trinajstić information content (AvgIpc) is 2.30. The number of benzene rings is 1. The van der Waals surface area contributed by atoms with Gasteiger partial charge < -0.3 is 5.32 Å². The van der Waals surface area contributed by atoms with Crippen molar-refractivity contribution in [2.24, 2.45) is 11.3 Å². The van der Waals surface area contributed by atoms with Gasteiger partial charge in [0.2, 0.25) is 0 Å². The summed E-state index contributed by atoms with van der Waals surface area (Å²) >= 11 is 0. The highest BCUT2D eigenvalue weighted by atomic mass is 14.9. The van der Waals surface area contributed by atoms with Crippen LogP contribution in [0.4, 0.5) is 0 Å². The average molecular weight is 290 g/mol. The smallest absolute Gasteiger partial charge is 0.0322 e. The summed E-state index contributed by atoms with van der Waals surface area (Å²) in [6.45, 7) is 17.2. The van der Waals surface area contributed by atoms with Crippen molar-refractivity contribution in [3.63, 3.8) is 0 Å². The second kappa shape index (κ2) is 7.98. The van der Waals surface area contributed by atoms with Crippen molar-refractivity contribution in [3.05, 3.63) is 34.9 Å². The largest absolute Gasteiger partial charge is 0.310 e. The van der Waals surface area contributed by atoms with Crippen LogP contribution >= 0.6 is 0 Å². The van der Waals surface area contributed by atoms with Crippen molar-refractivity contribution in [1.82, 2.24) is 5.32 Å². The van der Waals surface area contributed by atoms with E-state index in [1.807, 2.05) is 0 Å². The van der Waals surface area contributed by atoms with Gasteiger partial charge in [0.1, 0.15) is 0 Å². The fraction of sp³-hybridized carbons (Fsp3) is 0.700. The van der Waals surface area contributed by atoms with Gasteiger partial charge in [-0.1, -0.05) is 63.9 Å². The third kappa shape index (κ3) is 7.13. The van der Waals surface area contributed by atoms with Gasteiger partial charge in [0.15, 0.2) is 0 Å². The molecular formula is C20H35N. The highest BCUT2D eigenvalue weighted by Gasteiger charge is 2.20. The topological polar surface area (TPSA) is 12.0 Å². The van der Waals surface area contributed by atoms with Gasteiger partial charge in [0.25, 0.3) is 0 Å². The normalized spacial score (nSPS) is 15.0. The number of hydrogen-bond donors (Lipinski definition) is 1. The number of hydrogen-bond acceptors (Lipinski definition) is 1. The minimum absolute atomic E-state index is 0.414. The minimum atomic E-state index is 0.414. The second-order valence-corrected chi connectivity index (χ2v) is 8.03. The van der Waals surface area contributed by atoms with E-state index in [2.05, 4.69) is 72.0 Å². The third-order valence-corrected chi connectivity index (χ3v) is 3.89. The van der Waals surface area contributed by atoms with E-state index in [9.17, 15) is 0 Å². The van der Waals surface area contributed by atoms with E-state index in [1.54, 1.807) is 0 Å². The molecule has 0 saturated carbocycles. The first-order chi connectivity index (χ1) is 9.71. The molecule has 1 N–H and O–H groups in total. The van der Waals surface area contributed by atoms with Crippen LogP contribution in [0.15, 0.2) is 18.2 Å². The molecule has 0 saturated heterocycles. The first-order valence-corrected chi connectivity index (χ1v) is 8.53. The molecule has 0 amide bonds. The highest BCUT2D eigenvalue weighted by Crippen LogP contribution is 2.31. The molecule has 21 heavy (non-hydrogen) atoms. The SMILES string of the molecule is CCCNC(CC(C)CC(C)(C)C)c1cc(C)cc(C)c1. The van der Waals surface area contributed by atoms with Crippen LogP contribution in [0.25, 0.3) is 0 Å². The molecule has 0 bridgehead atoms. The molecule has 0 spiro atoms. The molecule has 1 aromatic carbocycles. The van der Waals surface area contributed by atoms with Crippen molar-refractivity contribution in [2.75, 3.05) is 6.54 Å². The van der Waals surface area contributed by atoms with Crippen LogP contribution in [-0.4, -0.2) is 6.54 Å². The summed E-state index contributed by atoms with van der Waals surface area (Å²) in [7, 11) is 0. The predicted octanol–water partition coefficient (Wildman–Crippen LogP) is 5.81. The van der Waals surface area contributed by atoms with Gasteiger partial charge in [0, 0.05) is 6.04 Å². The Bertz CT molecular complexity index is 408. The minimum Gasteiger partial charge on any atom is -0.310 e. The standard InChI is InChI=1S/C20H35N/c1-8-9-21-19(13-17(4)14-20(5,6)7)18-11-15(2)10-16(3)12-18/h10-12,17,19,21H,8-9,13-14H2,1-7H3. The van der Waals surface area contributed by atoms with Crippen LogP contribution < -0.4 is 5.32 Å². The van der Waals surface area contributed by atoms with E-state index in [4.69, 9.17) is 0 Å². The summed E-state index contributed by atoms with van der Waals surface area (Å²) in [5.74, 6) is 0.736. The quantitative estimate of drug-likeness (QED) is 0.668. The van der Waals surface area contributed by atoms with E-state index in [-0.39, 0.29) is 0 Å². The number of nitrogens with one attached hydrogen (secondary N) is 1. The predicted molar refractivity (Wildman–Crippen MR) is 94.8 cm³/mol. The molecule has 0 aliphatic rings. The van der Waals surface area contributed by atoms with Gasteiger partial charge in [-0.3, -0.25) is 0 Å². The number of rotatable bonds is 7. The summed E-state index contributed by atoms with van der Waals surface area (Å²) in [5.41, 5.74) is 4.62. The van der Waals surface area contributed by atoms with Gasteiger partial charge in [0.05, 0.1) is 0 Å². The van der Waals surface area contributed by atoms with Crippen molar-refractivity contribution in [3.8, 4) is 0 Å². The molecule has 120 valence electrons. The van der Waals surface area contributed by atoms with E-state index >= 15 is 0 Å². The fourth-order valence-corrected chi connectivity index (χ4v) is 3.40. The van der Waals surface area contributed by atoms with Gasteiger partial charge in [-0.05, 0) is 56.6 Å². The van der Waals surface area contributed by atoms with Crippen molar-refractivity contribution in [2.45, 2.75) is 73.8 Å². The summed E-state index contributed by atoms with van der Waals surface area (Å²) in [5, 5.41) is 3.76. The maximum Gasteiger partial charge on any atom is 0.0322 e. The van der Waals surface area contributed by atoms with E-state index < -0.39 is 0 Å². The Balaban J connectivity index is 2.84. The zero-order valence-electron chi connectivity index (χ0n) is 15.2. The number of aryl methyl sites for hydroxylation is 2. The maximum atomic E-state index is 3.76. The van der Waals surface area contributed by atoms with E-state index in [0.29, 0.717) is 11.5 Å². The first-order valence-electron chi connectivity index (χ1n) is 8.53. The maximum absolute atomic E-state index is 3.76. The summed E-state index contributed by atoms with van der Waals surface area (Å²) in [6, 6.07) is 7.45.